The van der Waals surface area contributed by atoms with Crippen LogP contribution in [-0.2, 0) is 11.2 Å². The molecule has 0 saturated heterocycles. The van der Waals surface area contributed by atoms with Crippen molar-refractivity contribution in [3.63, 3.8) is 0 Å². The fourth-order valence-electron chi connectivity index (χ4n) is 1.49. The molecular formula is C12H15NO4. The van der Waals surface area contributed by atoms with Gasteiger partial charge in [0.1, 0.15) is 5.78 Å². The molecule has 5 heteroatoms. The van der Waals surface area contributed by atoms with Crippen molar-refractivity contribution in [2.75, 3.05) is 6.61 Å². The van der Waals surface area contributed by atoms with E-state index in [9.17, 15) is 14.9 Å². The molecule has 1 unspecified atom stereocenters. The number of carbonyl (C=O) groups excluding carboxylic acids is 1. The van der Waals surface area contributed by atoms with Gasteiger partial charge in [-0.05, 0) is 11.5 Å². The van der Waals surface area contributed by atoms with Crippen molar-refractivity contribution >= 4 is 11.5 Å². The summed E-state index contributed by atoms with van der Waals surface area (Å²) in [7, 11) is 0. The number of Topliss-reactive ketones (excluding diaryl/α,β-unsaturated/α-hetero) is 1. The van der Waals surface area contributed by atoms with Gasteiger partial charge in [0.15, 0.2) is 0 Å². The Morgan fingerprint density at radius 1 is 1.41 bits per heavy atom. The molecule has 1 N–H and O–H groups in total. The summed E-state index contributed by atoms with van der Waals surface area (Å²) in [6.07, 6.45) is 0.579. The Labute approximate surface area is 99.2 Å². The van der Waals surface area contributed by atoms with E-state index >= 15 is 0 Å². The van der Waals surface area contributed by atoms with Crippen LogP contribution >= 0.6 is 0 Å². The van der Waals surface area contributed by atoms with E-state index in [1.807, 2.05) is 0 Å². The van der Waals surface area contributed by atoms with Crippen LogP contribution < -0.4 is 0 Å². The monoisotopic (exact) mass is 237 g/mol. The van der Waals surface area contributed by atoms with Crippen LogP contribution in [0.25, 0.3) is 0 Å². The lowest BCUT2D eigenvalue weighted by atomic mass is 10.0. The normalized spacial score (nSPS) is 12.1. The van der Waals surface area contributed by atoms with Gasteiger partial charge in [0.05, 0.1) is 4.92 Å². The summed E-state index contributed by atoms with van der Waals surface area (Å²) in [5.41, 5.74) is 0.774. The van der Waals surface area contributed by atoms with Crippen molar-refractivity contribution in [2.45, 2.75) is 19.8 Å². The average molecular weight is 237 g/mol. The van der Waals surface area contributed by atoms with E-state index < -0.39 is 4.92 Å². The zero-order valence-electron chi connectivity index (χ0n) is 9.63. The number of hydrogen-bond acceptors (Lipinski definition) is 4. The highest BCUT2D eigenvalue weighted by Crippen LogP contribution is 2.13. The minimum absolute atomic E-state index is 0.00794. The molecule has 92 valence electrons. The molecule has 0 aromatic heterocycles. The summed E-state index contributed by atoms with van der Waals surface area (Å²) in [6, 6.07) is 5.94. The van der Waals surface area contributed by atoms with Gasteiger partial charge in [-0.3, -0.25) is 14.9 Å². The number of non-ortho nitro benzene ring substituents is 1. The van der Waals surface area contributed by atoms with Crippen molar-refractivity contribution in [3.05, 3.63) is 39.9 Å². The number of aliphatic hydroxyl groups excluding tert-OH is 1. The number of nitro benzene ring substituents is 1. The van der Waals surface area contributed by atoms with Gasteiger partial charge in [0.2, 0.25) is 0 Å². The third-order valence-corrected chi connectivity index (χ3v) is 2.44. The summed E-state index contributed by atoms with van der Waals surface area (Å²) >= 11 is 0. The van der Waals surface area contributed by atoms with Crippen molar-refractivity contribution in [1.29, 1.82) is 0 Å². The van der Waals surface area contributed by atoms with Crippen molar-refractivity contribution in [1.82, 2.24) is 0 Å². The van der Waals surface area contributed by atoms with Crippen LogP contribution in [0, 0.1) is 16.0 Å². The van der Waals surface area contributed by atoms with Crippen LogP contribution in [-0.4, -0.2) is 22.4 Å². The van der Waals surface area contributed by atoms with E-state index in [-0.39, 0.29) is 30.4 Å². The quantitative estimate of drug-likeness (QED) is 0.603. The average Bonchev–Trinajstić information content (AvgIpc) is 2.29. The minimum Gasteiger partial charge on any atom is -0.396 e. The Morgan fingerprint density at radius 3 is 2.47 bits per heavy atom. The van der Waals surface area contributed by atoms with Crippen LogP contribution in [0.2, 0.25) is 0 Å². The van der Waals surface area contributed by atoms with Gasteiger partial charge in [-0.25, -0.2) is 0 Å². The first kappa shape index (κ1) is 13.3. The van der Waals surface area contributed by atoms with Gasteiger partial charge >= 0.3 is 0 Å². The summed E-state index contributed by atoms with van der Waals surface area (Å²) in [5.74, 6) is -0.0130. The van der Waals surface area contributed by atoms with Crippen LogP contribution in [0.1, 0.15) is 18.9 Å². The SMILES string of the molecule is CC(CO)CC(=O)Cc1ccc([N+](=O)[O-])cc1. The molecule has 17 heavy (non-hydrogen) atoms. The number of aliphatic hydroxyl groups is 1. The third-order valence-electron chi connectivity index (χ3n) is 2.44. The molecule has 1 rings (SSSR count). The Kier molecular flexibility index (Phi) is 4.78. The Morgan fingerprint density at radius 2 is 2.00 bits per heavy atom. The first-order valence-corrected chi connectivity index (χ1v) is 5.38. The molecule has 5 nitrogen and oxygen atoms in total. The fourth-order valence-corrected chi connectivity index (χ4v) is 1.49. The standard InChI is InChI=1S/C12H15NO4/c1-9(8-14)6-12(15)7-10-2-4-11(5-3-10)13(16)17/h2-5,9,14H,6-8H2,1H3. The van der Waals surface area contributed by atoms with Crippen molar-refractivity contribution in [2.24, 2.45) is 5.92 Å². The molecule has 0 bridgehead atoms. The second-order valence-corrected chi connectivity index (χ2v) is 4.13. The molecule has 0 amide bonds. The van der Waals surface area contributed by atoms with Gasteiger partial charge < -0.3 is 5.11 Å². The molecular weight excluding hydrogens is 222 g/mol. The van der Waals surface area contributed by atoms with E-state index in [2.05, 4.69) is 0 Å². The number of benzene rings is 1. The van der Waals surface area contributed by atoms with E-state index in [1.54, 1.807) is 19.1 Å². The Balaban J connectivity index is 2.57. The summed E-state index contributed by atoms with van der Waals surface area (Å²) in [5, 5.41) is 19.2. The van der Waals surface area contributed by atoms with Crippen LogP contribution in [0.15, 0.2) is 24.3 Å². The number of rotatable bonds is 6. The van der Waals surface area contributed by atoms with Crippen LogP contribution in [0.4, 0.5) is 5.69 Å². The summed E-state index contributed by atoms with van der Waals surface area (Å²) in [6.45, 7) is 1.79. The molecule has 0 aliphatic heterocycles. The van der Waals surface area contributed by atoms with E-state index in [1.165, 1.54) is 12.1 Å². The van der Waals surface area contributed by atoms with E-state index in [4.69, 9.17) is 5.11 Å². The molecule has 0 aliphatic carbocycles. The van der Waals surface area contributed by atoms with E-state index in [0.717, 1.165) is 5.56 Å². The smallest absolute Gasteiger partial charge is 0.269 e. The number of nitro groups is 1. The second kappa shape index (κ2) is 6.10. The molecule has 0 heterocycles. The molecule has 0 saturated carbocycles. The van der Waals surface area contributed by atoms with Gasteiger partial charge in [-0.2, -0.15) is 0 Å². The molecule has 0 radical (unpaired) electrons. The lowest BCUT2D eigenvalue weighted by Crippen LogP contribution is -2.11. The summed E-state index contributed by atoms with van der Waals surface area (Å²) in [4.78, 5) is 21.5. The topological polar surface area (TPSA) is 80.4 Å². The fraction of sp³-hybridized carbons (Fsp3) is 0.417. The van der Waals surface area contributed by atoms with Gasteiger partial charge in [-0.1, -0.05) is 19.1 Å². The third kappa shape index (κ3) is 4.32. The van der Waals surface area contributed by atoms with Crippen molar-refractivity contribution < 1.29 is 14.8 Å². The maximum Gasteiger partial charge on any atom is 0.269 e. The maximum atomic E-state index is 11.6. The predicted molar refractivity (Wildman–Crippen MR) is 62.7 cm³/mol. The second-order valence-electron chi connectivity index (χ2n) is 4.13. The van der Waals surface area contributed by atoms with Gasteiger partial charge in [0.25, 0.3) is 5.69 Å². The minimum atomic E-state index is -0.473. The summed E-state index contributed by atoms with van der Waals surface area (Å²) < 4.78 is 0. The lowest BCUT2D eigenvalue weighted by Gasteiger charge is -2.06. The maximum absolute atomic E-state index is 11.6. The molecule has 1 aromatic carbocycles. The first-order chi connectivity index (χ1) is 8.02. The Hall–Kier alpha value is -1.75. The first-order valence-electron chi connectivity index (χ1n) is 5.38. The zero-order chi connectivity index (χ0) is 12.8. The lowest BCUT2D eigenvalue weighted by molar-refractivity contribution is -0.384. The zero-order valence-corrected chi connectivity index (χ0v) is 9.63. The van der Waals surface area contributed by atoms with Gasteiger partial charge in [0, 0.05) is 31.6 Å². The highest BCUT2D eigenvalue weighted by Gasteiger charge is 2.10. The Bertz CT molecular complexity index is 399. The number of nitrogens with zero attached hydrogens (tertiary/aromatic N) is 1. The molecule has 0 spiro atoms. The van der Waals surface area contributed by atoms with E-state index in [0.29, 0.717) is 6.42 Å². The molecule has 0 aliphatic rings. The highest BCUT2D eigenvalue weighted by atomic mass is 16.6. The van der Waals surface area contributed by atoms with Crippen LogP contribution in [0.3, 0.4) is 0 Å². The van der Waals surface area contributed by atoms with Crippen molar-refractivity contribution in [3.8, 4) is 0 Å². The number of ketones is 1. The van der Waals surface area contributed by atoms with Gasteiger partial charge in [-0.15, -0.1) is 0 Å². The molecule has 1 atom stereocenters. The molecule has 1 aromatic rings. The molecule has 0 fully saturated rings. The highest BCUT2D eigenvalue weighted by molar-refractivity contribution is 5.81. The predicted octanol–water partition coefficient (Wildman–Crippen LogP) is 1.72. The number of hydrogen-bond donors (Lipinski definition) is 1. The number of carbonyl (C=O) groups is 1. The largest absolute Gasteiger partial charge is 0.396 e. The van der Waals surface area contributed by atoms with Crippen LogP contribution in [0.5, 0.6) is 0 Å².